The number of ether oxygens (including phenoxy) is 1. The summed E-state index contributed by atoms with van der Waals surface area (Å²) >= 11 is 0. The fourth-order valence-electron chi connectivity index (χ4n) is 1.64. The molecule has 0 radical (unpaired) electrons. The molecule has 6 nitrogen and oxygen atoms in total. The predicted molar refractivity (Wildman–Crippen MR) is 70.3 cm³/mol. The van der Waals surface area contributed by atoms with Crippen molar-refractivity contribution >= 4 is 5.69 Å². The molecule has 0 saturated carbocycles. The molecule has 100 valence electrons. The molecule has 2 aromatic rings. The maximum atomic E-state index is 10.7. The van der Waals surface area contributed by atoms with Crippen LogP contribution in [-0.2, 0) is 6.61 Å². The van der Waals surface area contributed by atoms with E-state index in [0.29, 0.717) is 5.56 Å². The molecule has 0 saturated heterocycles. The number of hydrogen-bond acceptors (Lipinski definition) is 5. The molecule has 6 heteroatoms. The third kappa shape index (κ3) is 2.91. The normalized spacial score (nSPS) is 9.80. The van der Waals surface area contributed by atoms with Crippen LogP contribution in [0.15, 0.2) is 42.5 Å². The molecule has 0 aromatic heterocycles. The Morgan fingerprint density at radius 1 is 1.30 bits per heavy atom. The number of aliphatic hydroxyl groups is 1. The van der Waals surface area contributed by atoms with Gasteiger partial charge in [0.25, 0.3) is 5.69 Å². The molecule has 2 rings (SSSR count). The van der Waals surface area contributed by atoms with Crippen molar-refractivity contribution in [2.24, 2.45) is 0 Å². The maximum Gasteiger partial charge on any atom is 0.273 e. The summed E-state index contributed by atoms with van der Waals surface area (Å²) in [7, 11) is 0. The molecule has 0 aliphatic heterocycles. The summed E-state index contributed by atoms with van der Waals surface area (Å²) in [5.74, 6) is 0.553. The third-order valence-corrected chi connectivity index (χ3v) is 2.60. The van der Waals surface area contributed by atoms with E-state index < -0.39 is 4.92 Å². The molecule has 0 atom stereocenters. The Labute approximate surface area is 114 Å². The van der Waals surface area contributed by atoms with Crippen LogP contribution in [0.5, 0.6) is 11.5 Å². The number of non-ortho nitro benzene ring substituents is 1. The Bertz CT molecular complexity index is 692. The minimum Gasteiger partial charge on any atom is -0.456 e. The highest BCUT2D eigenvalue weighted by atomic mass is 16.6. The van der Waals surface area contributed by atoms with Crippen LogP contribution in [0.4, 0.5) is 5.69 Å². The molecular formula is C14H10N2O4. The molecular weight excluding hydrogens is 260 g/mol. The first-order valence-corrected chi connectivity index (χ1v) is 5.70. The van der Waals surface area contributed by atoms with Crippen molar-refractivity contribution in [2.75, 3.05) is 0 Å². The number of nitro benzene ring substituents is 1. The Kier molecular flexibility index (Phi) is 3.93. The van der Waals surface area contributed by atoms with Crippen LogP contribution < -0.4 is 4.74 Å². The first kappa shape index (κ1) is 13.5. The first-order valence-electron chi connectivity index (χ1n) is 5.70. The van der Waals surface area contributed by atoms with Crippen molar-refractivity contribution in [2.45, 2.75) is 6.61 Å². The van der Waals surface area contributed by atoms with Gasteiger partial charge in [0.1, 0.15) is 17.6 Å². The van der Waals surface area contributed by atoms with Crippen molar-refractivity contribution in [3.05, 3.63) is 63.7 Å². The van der Waals surface area contributed by atoms with Gasteiger partial charge in [0.05, 0.1) is 23.2 Å². The van der Waals surface area contributed by atoms with Crippen LogP contribution in [0.3, 0.4) is 0 Å². The fraction of sp³-hybridized carbons (Fsp3) is 0.0714. The highest BCUT2D eigenvalue weighted by molar-refractivity contribution is 5.48. The van der Waals surface area contributed by atoms with Gasteiger partial charge in [0, 0.05) is 6.07 Å². The van der Waals surface area contributed by atoms with Crippen LogP contribution in [0.25, 0.3) is 0 Å². The third-order valence-electron chi connectivity index (χ3n) is 2.60. The van der Waals surface area contributed by atoms with E-state index in [9.17, 15) is 10.1 Å². The summed E-state index contributed by atoms with van der Waals surface area (Å²) in [5.41, 5.74) is 0.754. The standard InChI is InChI=1S/C14H10N2O4/c15-8-11-6-10(9-17)4-5-14(11)20-13-3-1-2-12(7-13)16(18)19/h1-7,17H,9H2. The summed E-state index contributed by atoms with van der Waals surface area (Å²) in [6, 6.07) is 12.3. The summed E-state index contributed by atoms with van der Waals surface area (Å²) in [6.07, 6.45) is 0. The molecule has 2 aromatic carbocycles. The Morgan fingerprint density at radius 2 is 2.10 bits per heavy atom. The summed E-state index contributed by atoms with van der Waals surface area (Å²) < 4.78 is 5.48. The van der Waals surface area contributed by atoms with E-state index in [4.69, 9.17) is 15.1 Å². The molecule has 0 aliphatic rings. The average Bonchev–Trinajstić information content (AvgIpc) is 2.48. The molecule has 0 aliphatic carbocycles. The minimum atomic E-state index is -0.521. The zero-order valence-corrected chi connectivity index (χ0v) is 10.3. The van der Waals surface area contributed by atoms with E-state index in [2.05, 4.69) is 0 Å². The Morgan fingerprint density at radius 3 is 2.75 bits per heavy atom. The van der Waals surface area contributed by atoms with Gasteiger partial charge in [-0.1, -0.05) is 12.1 Å². The number of nitriles is 1. The lowest BCUT2D eigenvalue weighted by Crippen LogP contribution is -1.92. The zero-order chi connectivity index (χ0) is 14.5. The molecule has 0 bridgehead atoms. The van der Waals surface area contributed by atoms with E-state index >= 15 is 0 Å². The second-order valence-electron chi connectivity index (χ2n) is 3.96. The van der Waals surface area contributed by atoms with Gasteiger partial charge in [0.15, 0.2) is 0 Å². The Hall–Kier alpha value is -2.91. The van der Waals surface area contributed by atoms with Gasteiger partial charge in [0.2, 0.25) is 0 Å². The lowest BCUT2D eigenvalue weighted by atomic mass is 10.1. The van der Waals surface area contributed by atoms with E-state index in [-0.39, 0.29) is 29.4 Å². The smallest absolute Gasteiger partial charge is 0.273 e. The summed E-state index contributed by atoms with van der Waals surface area (Å²) in [4.78, 5) is 10.2. The zero-order valence-electron chi connectivity index (χ0n) is 10.3. The highest BCUT2D eigenvalue weighted by Gasteiger charge is 2.10. The lowest BCUT2D eigenvalue weighted by molar-refractivity contribution is -0.384. The van der Waals surface area contributed by atoms with Crippen molar-refractivity contribution in [3.8, 4) is 17.6 Å². The SMILES string of the molecule is N#Cc1cc(CO)ccc1Oc1cccc([N+](=O)[O-])c1. The van der Waals surface area contributed by atoms with Gasteiger partial charge in [-0.15, -0.1) is 0 Å². The van der Waals surface area contributed by atoms with Crippen molar-refractivity contribution < 1.29 is 14.8 Å². The fourth-order valence-corrected chi connectivity index (χ4v) is 1.64. The predicted octanol–water partition coefficient (Wildman–Crippen LogP) is 2.75. The molecule has 0 amide bonds. The molecule has 0 spiro atoms. The summed E-state index contributed by atoms with van der Waals surface area (Å²) in [6.45, 7) is -0.175. The number of nitrogens with zero attached hydrogens (tertiary/aromatic N) is 2. The van der Waals surface area contributed by atoms with E-state index in [1.54, 1.807) is 18.2 Å². The monoisotopic (exact) mass is 270 g/mol. The number of rotatable bonds is 4. The number of nitro groups is 1. The van der Waals surface area contributed by atoms with Crippen LogP contribution in [0.1, 0.15) is 11.1 Å². The van der Waals surface area contributed by atoms with Gasteiger partial charge >= 0.3 is 0 Å². The van der Waals surface area contributed by atoms with Crippen LogP contribution in [0, 0.1) is 21.4 Å². The lowest BCUT2D eigenvalue weighted by Gasteiger charge is -2.08. The van der Waals surface area contributed by atoms with Gasteiger partial charge in [-0.3, -0.25) is 10.1 Å². The number of aliphatic hydroxyl groups excluding tert-OH is 1. The van der Waals surface area contributed by atoms with E-state index in [0.717, 1.165) is 0 Å². The van der Waals surface area contributed by atoms with E-state index in [1.165, 1.54) is 24.3 Å². The van der Waals surface area contributed by atoms with Gasteiger partial charge in [-0.05, 0) is 23.8 Å². The largest absolute Gasteiger partial charge is 0.456 e. The average molecular weight is 270 g/mol. The maximum absolute atomic E-state index is 10.7. The highest BCUT2D eigenvalue weighted by Crippen LogP contribution is 2.28. The summed E-state index contributed by atoms with van der Waals surface area (Å²) in [5, 5.41) is 28.7. The first-order chi connectivity index (χ1) is 9.63. The van der Waals surface area contributed by atoms with Crippen LogP contribution in [0.2, 0.25) is 0 Å². The van der Waals surface area contributed by atoms with Crippen LogP contribution in [-0.4, -0.2) is 10.0 Å². The Balaban J connectivity index is 2.33. The molecule has 0 unspecified atom stereocenters. The van der Waals surface area contributed by atoms with Crippen molar-refractivity contribution in [1.82, 2.24) is 0 Å². The van der Waals surface area contributed by atoms with Gasteiger partial charge < -0.3 is 9.84 Å². The number of benzene rings is 2. The molecule has 20 heavy (non-hydrogen) atoms. The minimum absolute atomic E-state index is 0.0898. The van der Waals surface area contributed by atoms with Gasteiger partial charge in [-0.25, -0.2) is 0 Å². The number of hydrogen-bond donors (Lipinski definition) is 1. The quantitative estimate of drug-likeness (QED) is 0.680. The molecule has 0 heterocycles. The van der Waals surface area contributed by atoms with E-state index in [1.807, 2.05) is 6.07 Å². The second kappa shape index (κ2) is 5.82. The van der Waals surface area contributed by atoms with Crippen molar-refractivity contribution in [3.63, 3.8) is 0 Å². The van der Waals surface area contributed by atoms with Crippen LogP contribution >= 0.6 is 0 Å². The van der Waals surface area contributed by atoms with Crippen molar-refractivity contribution in [1.29, 1.82) is 5.26 Å². The second-order valence-corrected chi connectivity index (χ2v) is 3.96. The topological polar surface area (TPSA) is 96.4 Å². The molecule has 0 fully saturated rings. The van der Waals surface area contributed by atoms with Gasteiger partial charge in [-0.2, -0.15) is 5.26 Å². The molecule has 1 N–H and O–H groups in total.